The number of fused-ring (bicyclic) bond motifs is 4. The zero-order chi connectivity index (χ0) is 23.3. The van der Waals surface area contributed by atoms with Gasteiger partial charge in [-0.15, -0.1) is 0 Å². The standard InChI is InChI=1S/C32H47N/c1-23(11-9-22-33-24-12-7-6-8-13-24)26-15-16-27-25-14-17-29-30(2,3)19-10-20-32(29,5)28(25)18-21-31(26,27)4/h6-8,12-13,16,23,26,29,33H,9-11,14-15,17-22H2,1-5H3/t23-,26-,29+,31-,32-/m1/s1. The third-order valence-corrected chi connectivity index (χ3v) is 10.8. The van der Waals surface area contributed by atoms with Crippen molar-refractivity contribution in [2.45, 2.75) is 98.8 Å². The molecule has 5 atom stereocenters. The number of anilines is 1. The average Bonchev–Trinajstić information content (AvgIpc) is 3.14. The van der Waals surface area contributed by atoms with Gasteiger partial charge in [-0.1, -0.05) is 70.9 Å². The number of rotatable bonds is 6. The van der Waals surface area contributed by atoms with Crippen molar-refractivity contribution in [2.24, 2.45) is 34.0 Å². The molecule has 0 aromatic heterocycles. The molecular formula is C32H47N. The summed E-state index contributed by atoms with van der Waals surface area (Å²) in [7, 11) is 0. The maximum atomic E-state index is 3.61. The Kier molecular flexibility index (Phi) is 6.07. The fraction of sp³-hybridized carbons (Fsp3) is 0.688. The Hall–Kier alpha value is -1.50. The zero-order valence-electron chi connectivity index (χ0n) is 22.0. The quantitative estimate of drug-likeness (QED) is 0.430. The molecule has 0 aliphatic heterocycles. The monoisotopic (exact) mass is 445 g/mol. The third kappa shape index (κ3) is 3.92. The SMILES string of the molecule is C[C@H](CCCNc1ccccc1)[C@H]1CC=C2C3=C(CC[C@@]21C)[C@@]1(C)CCCC(C)(C)[C@@H]1CC3. The summed E-state index contributed by atoms with van der Waals surface area (Å²) < 4.78 is 0. The molecule has 0 bridgehead atoms. The molecule has 1 N–H and O–H groups in total. The molecule has 4 aliphatic carbocycles. The van der Waals surface area contributed by atoms with Crippen molar-refractivity contribution in [3.05, 3.63) is 53.1 Å². The second-order valence-electron chi connectivity index (χ2n) is 13.1. The van der Waals surface area contributed by atoms with Crippen LogP contribution in [0.5, 0.6) is 0 Å². The molecule has 4 aliphatic rings. The average molecular weight is 446 g/mol. The first-order valence-corrected chi connectivity index (χ1v) is 14.0. The molecule has 33 heavy (non-hydrogen) atoms. The van der Waals surface area contributed by atoms with E-state index in [2.05, 4.69) is 76.3 Å². The van der Waals surface area contributed by atoms with E-state index >= 15 is 0 Å². The third-order valence-electron chi connectivity index (χ3n) is 10.8. The highest BCUT2D eigenvalue weighted by Gasteiger charge is 2.55. The van der Waals surface area contributed by atoms with Gasteiger partial charge >= 0.3 is 0 Å². The van der Waals surface area contributed by atoms with Gasteiger partial charge in [-0.3, -0.25) is 0 Å². The van der Waals surface area contributed by atoms with Crippen LogP contribution < -0.4 is 5.32 Å². The van der Waals surface area contributed by atoms with Gasteiger partial charge in [0.15, 0.2) is 0 Å². The summed E-state index contributed by atoms with van der Waals surface area (Å²) in [6.45, 7) is 14.0. The summed E-state index contributed by atoms with van der Waals surface area (Å²) in [5.74, 6) is 2.51. The first kappa shape index (κ1) is 23.3. The largest absolute Gasteiger partial charge is 0.385 e. The van der Waals surface area contributed by atoms with Gasteiger partial charge in [-0.25, -0.2) is 0 Å². The lowest BCUT2D eigenvalue weighted by molar-refractivity contribution is 0.00594. The molecule has 1 saturated carbocycles. The number of benzene rings is 1. The van der Waals surface area contributed by atoms with Crippen LogP contribution >= 0.6 is 0 Å². The molecule has 0 amide bonds. The molecule has 0 spiro atoms. The van der Waals surface area contributed by atoms with Crippen LogP contribution in [-0.4, -0.2) is 6.54 Å². The summed E-state index contributed by atoms with van der Waals surface area (Å²) in [6, 6.07) is 10.7. The number of para-hydroxylation sites is 1. The van der Waals surface area contributed by atoms with Crippen molar-refractivity contribution >= 4 is 5.69 Å². The zero-order valence-corrected chi connectivity index (χ0v) is 22.0. The summed E-state index contributed by atoms with van der Waals surface area (Å²) in [5.41, 5.74) is 8.18. The van der Waals surface area contributed by atoms with E-state index in [0.717, 1.165) is 24.3 Å². The van der Waals surface area contributed by atoms with Gasteiger partial charge in [0.2, 0.25) is 0 Å². The number of hydrogen-bond acceptors (Lipinski definition) is 1. The van der Waals surface area contributed by atoms with E-state index in [-0.39, 0.29) is 0 Å². The fourth-order valence-electron chi connectivity index (χ4n) is 9.10. The summed E-state index contributed by atoms with van der Waals surface area (Å²) in [5, 5.41) is 3.61. The van der Waals surface area contributed by atoms with E-state index in [4.69, 9.17) is 0 Å². The van der Waals surface area contributed by atoms with Gasteiger partial charge in [0, 0.05) is 12.2 Å². The van der Waals surface area contributed by atoms with Gasteiger partial charge in [0.25, 0.3) is 0 Å². The Morgan fingerprint density at radius 1 is 0.970 bits per heavy atom. The van der Waals surface area contributed by atoms with Crippen molar-refractivity contribution in [3.63, 3.8) is 0 Å². The highest BCUT2D eigenvalue weighted by Crippen LogP contribution is 2.66. The van der Waals surface area contributed by atoms with Crippen LogP contribution in [0.1, 0.15) is 98.8 Å². The van der Waals surface area contributed by atoms with Gasteiger partial charge in [-0.05, 0) is 115 Å². The lowest BCUT2D eigenvalue weighted by Gasteiger charge is -2.58. The first-order chi connectivity index (χ1) is 15.8. The maximum Gasteiger partial charge on any atom is 0.0340 e. The second kappa shape index (κ2) is 8.62. The first-order valence-electron chi connectivity index (χ1n) is 14.0. The minimum atomic E-state index is 0.415. The molecule has 0 radical (unpaired) electrons. The van der Waals surface area contributed by atoms with Crippen LogP contribution in [0.4, 0.5) is 5.69 Å². The number of hydrogen-bond donors (Lipinski definition) is 1. The van der Waals surface area contributed by atoms with E-state index in [1.54, 1.807) is 5.57 Å². The van der Waals surface area contributed by atoms with Crippen molar-refractivity contribution in [1.82, 2.24) is 0 Å². The molecule has 1 nitrogen and oxygen atoms in total. The Balaban J connectivity index is 1.27. The summed E-state index contributed by atoms with van der Waals surface area (Å²) in [6.07, 6.45) is 16.4. The predicted molar refractivity (Wildman–Crippen MR) is 142 cm³/mol. The summed E-state index contributed by atoms with van der Waals surface area (Å²) in [4.78, 5) is 0. The van der Waals surface area contributed by atoms with Crippen LogP contribution in [-0.2, 0) is 0 Å². The van der Waals surface area contributed by atoms with Gasteiger partial charge < -0.3 is 5.32 Å². The predicted octanol–water partition coefficient (Wildman–Crippen LogP) is 9.18. The minimum Gasteiger partial charge on any atom is -0.385 e. The second-order valence-corrected chi connectivity index (χ2v) is 13.1. The molecule has 0 saturated heterocycles. The Labute approximate surface area is 203 Å². The highest BCUT2D eigenvalue weighted by atomic mass is 14.9. The summed E-state index contributed by atoms with van der Waals surface area (Å²) >= 11 is 0. The molecule has 0 unspecified atom stereocenters. The van der Waals surface area contributed by atoms with Crippen LogP contribution in [0.2, 0.25) is 0 Å². The Morgan fingerprint density at radius 3 is 2.55 bits per heavy atom. The van der Waals surface area contributed by atoms with Crippen LogP contribution in [0, 0.1) is 34.0 Å². The fourth-order valence-corrected chi connectivity index (χ4v) is 9.10. The lowest BCUT2D eigenvalue weighted by Crippen LogP contribution is -2.47. The molecular weight excluding hydrogens is 398 g/mol. The lowest BCUT2D eigenvalue weighted by atomic mass is 9.47. The number of allylic oxidation sites excluding steroid dienone is 4. The topological polar surface area (TPSA) is 12.0 Å². The highest BCUT2D eigenvalue weighted by molar-refractivity contribution is 5.49. The van der Waals surface area contributed by atoms with Crippen molar-refractivity contribution in [2.75, 3.05) is 11.9 Å². The van der Waals surface area contributed by atoms with Crippen LogP contribution in [0.25, 0.3) is 0 Å². The molecule has 5 rings (SSSR count). The van der Waals surface area contributed by atoms with E-state index in [1.807, 2.05) is 11.1 Å². The van der Waals surface area contributed by atoms with Crippen LogP contribution in [0.3, 0.4) is 0 Å². The van der Waals surface area contributed by atoms with E-state index < -0.39 is 0 Å². The normalized spacial score (nSPS) is 35.8. The Bertz CT molecular complexity index is 921. The van der Waals surface area contributed by atoms with Gasteiger partial charge in [0.1, 0.15) is 0 Å². The van der Waals surface area contributed by atoms with E-state index in [1.165, 1.54) is 69.9 Å². The van der Waals surface area contributed by atoms with Crippen molar-refractivity contribution < 1.29 is 0 Å². The molecule has 1 aromatic rings. The molecule has 180 valence electrons. The molecule has 1 fully saturated rings. The van der Waals surface area contributed by atoms with Crippen molar-refractivity contribution in [3.8, 4) is 0 Å². The Morgan fingerprint density at radius 2 is 1.76 bits per heavy atom. The van der Waals surface area contributed by atoms with E-state index in [9.17, 15) is 0 Å². The minimum absolute atomic E-state index is 0.415. The maximum absolute atomic E-state index is 3.61. The molecule has 1 aromatic carbocycles. The van der Waals surface area contributed by atoms with E-state index in [0.29, 0.717) is 16.2 Å². The number of nitrogens with one attached hydrogen (secondary N) is 1. The van der Waals surface area contributed by atoms with Crippen LogP contribution in [0.15, 0.2) is 53.1 Å². The molecule has 0 heterocycles. The van der Waals surface area contributed by atoms with Gasteiger partial charge in [0.05, 0.1) is 0 Å². The molecule has 1 heteroatoms. The van der Waals surface area contributed by atoms with Gasteiger partial charge in [-0.2, -0.15) is 0 Å². The smallest absolute Gasteiger partial charge is 0.0340 e. The van der Waals surface area contributed by atoms with Crippen molar-refractivity contribution in [1.29, 1.82) is 0 Å².